The molecule has 0 bridgehead atoms. The van der Waals surface area contributed by atoms with Crippen molar-refractivity contribution in [2.24, 2.45) is 0 Å². The fourth-order valence-corrected chi connectivity index (χ4v) is 6.48. The highest BCUT2D eigenvalue weighted by Crippen LogP contribution is 2.30. The van der Waals surface area contributed by atoms with Crippen molar-refractivity contribution in [3.63, 3.8) is 0 Å². The number of fused-ring (bicyclic) bond motifs is 1. The Hall–Kier alpha value is -3.28. The molecular formula is C27H24F3N3O3S2. The second-order valence-electron chi connectivity index (χ2n) is 8.88. The first-order valence-corrected chi connectivity index (χ1v) is 13.9. The van der Waals surface area contributed by atoms with Crippen LogP contribution in [0.1, 0.15) is 29.5 Å². The lowest BCUT2D eigenvalue weighted by molar-refractivity contribution is -0.137. The van der Waals surface area contributed by atoms with Gasteiger partial charge in [0.15, 0.2) is 0 Å². The molecule has 0 radical (unpaired) electrons. The Morgan fingerprint density at radius 1 is 1.11 bits per heavy atom. The number of ether oxygens (including phenoxy) is 1. The zero-order valence-corrected chi connectivity index (χ0v) is 21.7. The summed E-state index contributed by atoms with van der Waals surface area (Å²) in [6.45, 7) is 0.947. The molecule has 198 valence electrons. The lowest BCUT2D eigenvalue weighted by Crippen LogP contribution is -2.43. The molecule has 2 atom stereocenters. The molecular weight excluding hydrogens is 535 g/mol. The average molecular weight is 560 g/mol. The van der Waals surface area contributed by atoms with Gasteiger partial charge in [-0.05, 0) is 66.4 Å². The number of alkyl halides is 3. The Kier molecular flexibility index (Phi) is 7.78. The molecule has 38 heavy (non-hydrogen) atoms. The van der Waals surface area contributed by atoms with Gasteiger partial charge < -0.3 is 10.1 Å². The van der Waals surface area contributed by atoms with Crippen molar-refractivity contribution in [2.75, 3.05) is 6.54 Å². The molecule has 5 rings (SSSR count). The van der Waals surface area contributed by atoms with E-state index in [1.807, 2.05) is 18.2 Å². The summed E-state index contributed by atoms with van der Waals surface area (Å²) in [6, 6.07) is 17.0. The number of nitrogens with one attached hydrogen (secondary N) is 1. The fourth-order valence-electron chi connectivity index (χ4n) is 4.29. The second-order valence-corrected chi connectivity index (χ2v) is 11.2. The second kappa shape index (κ2) is 11.2. The first-order valence-electron chi connectivity index (χ1n) is 12.0. The predicted molar refractivity (Wildman–Crippen MR) is 140 cm³/mol. The van der Waals surface area contributed by atoms with Crippen LogP contribution in [0.25, 0.3) is 10.2 Å². The van der Waals surface area contributed by atoms with E-state index in [0.717, 1.165) is 34.3 Å². The van der Waals surface area contributed by atoms with E-state index in [9.17, 15) is 22.2 Å². The third-order valence-corrected chi connectivity index (χ3v) is 8.59. The molecule has 4 aromatic rings. The molecule has 1 saturated heterocycles. The normalized spacial score (nSPS) is 17.0. The standard InChI is InChI=1S/C27H24F3N3O3S2/c28-27(29,30)20-8-6-18(7-9-20)16-36-21-4-1-3-19(13-21)15-31-26(34)24-5-2-12-33(24)38(35)22-10-11-23-25(14-22)37-17-32-23/h1,3-4,6-11,13-14,17,24H,2,5,12,15-16H2,(H,31,34)/t24-,38?/m0/s1. The van der Waals surface area contributed by atoms with Crippen molar-refractivity contribution in [2.45, 2.75) is 43.1 Å². The van der Waals surface area contributed by atoms with E-state index in [4.69, 9.17) is 4.74 Å². The Balaban J connectivity index is 1.17. The first-order chi connectivity index (χ1) is 18.3. The van der Waals surface area contributed by atoms with Crippen molar-refractivity contribution in [3.8, 4) is 5.75 Å². The minimum absolute atomic E-state index is 0.115. The van der Waals surface area contributed by atoms with E-state index in [-0.39, 0.29) is 19.1 Å². The molecule has 1 aromatic heterocycles. The van der Waals surface area contributed by atoms with E-state index in [2.05, 4.69) is 10.3 Å². The van der Waals surface area contributed by atoms with Gasteiger partial charge in [-0.25, -0.2) is 13.5 Å². The number of amides is 1. The van der Waals surface area contributed by atoms with Gasteiger partial charge in [-0.3, -0.25) is 4.79 Å². The summed E-state index contributed by atoms with van der Waals surface area (Å²) in [5.41, 5.74) is 3.32. The maximum Gasteiger partial charge on any atom is 0.416 e. The number of rotatable bonds is 8. The van der Waals surface area contributed by atoms with Gasteiger partial charge in [0.1, 0.15) is 29.4 Å². The Morgan fingerprint density at radius 3 is 2.71 bits per heavy atom. The number of carbonyl (C=O) groups is 1. The van der Waals surface area contributed by atoms with Gasteiger partial charge in [0.25, 0.3) is 0 Å². The Morgan fingerprint density at radius 2 is 1.92 bits per heavy atom. The smallest absolute Gasteiger partial charge is 0.416 e. The van der Waals surface area contributed by atoms with Crippen LogP contribution >= 0.6 is 11.3 Å². The summed E-state index contributed by atoms with van der Waals surface area (Å²) in [5, 5.41) is 2.94. The zero-order chi connectivity index (χ0) is 26.7. The minimum Gasteiger partial charge on any atom is -0.489 e. The van der Waals surface area contributed by atoms with Crippen LogP contribution in [0.4, 0.5) is 13.2 Å². The molecule has 3 aromatic carbocycles. The van der Waals surface area contributed by atoms with Crippen molar-refractivity contribution >= 4 is 38.4 Å². The summed E-state index contributed by atoms with van der Waals surface area (Å²) in [4.78, 5) is 17.9. The third kappa shape index (κ3) is 6.06. The molecule has 1 unspecified atom stereocenters. The molecule has 0 aliphatic carbocycles. The van der Waals surface area contributed by atoms with Crippen LogP contribution < -0.4 is 10.1 Å². The lowest BCUT2D eigenvalue weighted by atomic mass is 10.1. The maximum atomic E-state index is 13.3. The van der Waals surface area contributed by atoms with E-state index in [1.54, 1.807) is 34.1 Å². The number of carbonyl (C=O) groups excluding carboxylic acids is 1. The summed E-state index contributed by atoms with van der Waals surface area (Å²) >= 11 is 1.48. The Labute approximate surface area is 224 Å². The summed E-state index contributed by atoms with van der Waals surface area (Å²) in [7, 11) is -1.46. The topological polar surface area (TPSA) is 71.5 Å². The van der Waals surface area contributed by atoms with E-state index < -0.39 is 28.8 Å². The molecule has 2 heterocycles. The molecule has 1 fully saturated rings. The van der Waals surface area contributed by atoms with Gasteiger partial charge in [0.05, 0.1) is 26.2 Å². The van der Waals surface area contributed by atoms with Crippen LogP contribution in [0.15, 0.2) is 77.1 Å². The largest absolute Gasteiger partial charge is 0.489 e. The number of halogens is 3. The third-order valence-electron chi connectivity index (χ3n) is 6.28. The van der Waals surface area contributed by atoms with E-state index in [1.165, 1.54) is 23.5 Å². The molecule has 1 amide bonds. The molecule has 1 aliphatic rings. The number of hydrogen-bond donors (Lipinski definition) is 1. The zero-order valence-electron chi connectivity index (χ0n) is 20.1. The number of benzene rings is 3. The quantitative estimate of drug-likeness (QED) is 0.301. The van der Waals surface area contributed by atoms with Crippen LogP contribution in [0.2, 0.25) is 0 Å². The van der Waals surface area contributed by atoms with Gasteiger partial charge >= 0.3 is 6.18 Å². The molecule has 0 spiro atoms. The minimum atomic E-state index is -4.38. The van der Waals surface area contributed by atoms with Crippen LogP contribution in [0, 0.1) is 0 Å². The van der Waals surface area contributed by atoms with Crippen LogP contribution in [0.5, 0.6) is 5.75 Å². The SMILES string of the molecule is O=C(NCc1cccc(OCc2ccc(C(F)(F)F)cc2)c1)[C@@H]1CCCN1S(=O)c1ccc2ncsc2c1. The van der Waals surface area contributed by atoms with Gasteiger partial charge in [-0.15, -0.1) is 11.3 Å². The van der Waals surface area contributed by atoms with Crippen LogP contribution in [-0.4, -0.2) is 32.0 Å². The van der Waals surface area contributed by atoms with Crippen LogP contribution in [0.3, 0.4) is 0 Å². The van der Waals surface area contributed by atoms with Crippen LogP contribution in [-0.2, 0) is 35.1 Å². The van der Waals surface area contributed by atoms with Gasteiger partial charge in [0, 0.05) is 13.1 Å². The fraction of sp³-hybridized carbons (Fsp3) is 0.259. The maximum absolute atomic E-state index is 13.3. The van der Waals surface area contributed by atoms with Crippen molar-refractivity contribution in [1.82, 2.24) is 14.6 Å². The molecule has 6 nitrogen and oxygen atoms in total. The van der Waals surface area contributed by atoms with E-state index >= 15 is 0 Å². The lowest BCUT2D eigenvalue weighted by Gasteiger charge is -2.22. The highest BCUT2D eigenvalue weighted by Gasteiger charge is 2.35. The highest BCUT2D eigenvalue weighted by molar-refractivity contribution is 7.82. The molecule has 1 N–H and O–H groups in total. The predicted octanol–water partition coefficient (Wildman–Crippen LogP) is 5.70. The summed E-state index contributed by atoms with van der Waals surface area (Å²) < 4.78 is 59.9. The molecule has 11 heteroatoms. The van der Waals surface area contributed by atoms with Crippen molar-refractivity contribution in [3.05, 3.63) is 88.9 Å². The monoisotopic (exact) mass is 559 g/mol. The van der Waals surface area contributed by atoms with E-state index in [0.29, 0.717) is 29.2 Å². The number of hydrogen-bond acceptors (Lipinski definition) is 5. The average Bonchev–Trinajstić information content (AvgIpc) is 3.60. The Bertz CT molecular complexity index is 1460. The van der Waals surface area contributed by atoms with Crippen molar-refractivity contribution in [1.29, 1.82) is 0 Å². The number of nitrogens with zero attached hydrogens (tertiary/aromatic N) is 2. The first kappa shape index (κ1) is 26.3. The highest BCUT2D eigenvalue weighted by atomic mass is 32.2. The number of thiazole rings is 1. The number of aromatic nitrogens is 1. The van der Waals surface area contributed by atoms with Gasteiger partial charge in [-0.1, -0.05) is 24.3 Å². The van der Waals surface area contributed by atoms with Gasteiger partial charge in [0.2, 0.25) is 5.91 Å². The molecule has 1 aliphatic heterocycles. The van der Waals surface area contributed by atoms with Gasteiger partial charge in [-0.2, -0.15) is 13.2 Å². The van der Waals surface area contributed by atoms with Crippen molar-refractivity contribution < 1.29 is 26.9 Å². The molecule has 0 saturated carbocycles. The summed E-state index contributed by atoms with van der Waals surface area (Å²) in [6.07, 6.45) is -2.98. The summed E-state index contributed by atoms with van der Waals surface area (Å²) in [5.74, 6) is 0.351.